The normalized spacial score (nSPS) is 12.2. The molecule has 0 fully saturated rings. The molecule has 0 aliphatic carbocycles. The monoisotopic (exact) mass is 640 g/mol. The van der Waals surface area contributed by atoms with E-state index >= 15 is 0 Å². The first kappa shape index (κ1) is 36.3. The molecule has 0 spiro atoms. The Balaban J connectivity index is 1.46. The fourth-order valence-corrected chi connectivity index (χ4v) is 4.53. The van der Waals surface area contributed by atoms with Crippen LogP contribution >= 0.6 is 0 Å². The Bertz CT molecular complexity index is 1360. The zero-order valence-electron chi connectivity index (χ0n) is 26.6. The minimum atomic E-state index is -4.65. The molecule has 1 unspecified atom stereocenters. The van der Waals surface area contributed by atoms with Gasteiger partial charge in [0.15, 0.2) is 6.10 Å². The van der Waals surface area contributed by atoms with E-state index in [2.05, 4.69) is 17.2 Å². The van der Waals surface area contributed by atoms with Gasteiger partial charge in [0, 0.05) is 0 Å². The van der Waals surface area contributed by atoms with E-state index in [1.807, 2.05) is 31.2 Å². The SMILES string of the molecule is CCCCCCCCOc1ccc(N=Nc2ccc(C(=O)Oc3ccc(C(=O)OC(CCCCCC)C(F)(F)F)cc3)cc2)cc1. The van der Waals surface area contributed by atoms with Crippen molar-refractivity contribution in [1.82, 2.24) is 0 Å². The molecule has 0 amide bonds. The van der Waals surface area contributed by atoms with Crippen LogP contribution in [0.25, 0.3) is 0 Å². The standard InChI is InChI=1S/C36H43F3N2O5/c1-3-5-7-9-10-12-26-44-31-24-20-30(21-25-31)41-40-29-18-14-27(15-19-29)34(42)45-32-22-16-28(17-23-32)35(43)46-33(36(37,38)39)13-11-8-6-4-2/h14-25,33H,3-13,26H2,1-2H3. The Morgan fingerprint density at radius 1 is 0.630 bits per heavy atom. The van der Waals surface area contributed by atoms with Gasteiger partial charge in [0.2, 0.25) is 0 Å². The van der Waals surface area contributed by atoms with E-state index in [0.29, 0.717) is 30.8 Å². The topological polar surface area (TPSA) is 86.5 Å². The van der Waals surface area contributed by atoms with E-state index in [0.717, 1.165) is 25.0 Å². The Morgan fingerprint density at radius 2 is 1.11 bits per heavy atom. The maximum absolute atomic E-state index is 13.4. The summed E-state index contributed by atoms with van der Waals surface area (Å²) < 4.78 is 56.0. The second-order valence-corrected chi connectivity index (χ2v) is 11.1. The summed E-state index contributed by atoms with van der Waals surface area (Å²) in [6.45, 7) is 4.85. The van der Waals surface area contributed by atoms with Gasteiger partial charge in [-0.15, -0.1) is 0 Å². The van der Waals surface area contributed by atoms with Crippen molar-refractivity contribution in [3.63, 3.8) is 0 Å². The summed E-state index contributed by atoms with van der Waals surface area (Å²) in [7, 11) is 0. The summed E-state index contributed by atoms with van der Waals surface area (Å²) in [6.07, 6.45) is 2.79. The van der Waals surface area contributed by atoms with Crippen molar-refractivity contribution in [2.75, 3.05) is 6.61 Å². The maximum Gasteiger partial charge on any atom is 0.425 e. The van der Waals surface area contributed by atoms with E-state index in [-0.39, 0.29) is 23.3 Å². The van der Waals surface area contributed by atoms with Crippen LogP contribution in [0.4, 0.5) is 24.5 Å². The number of halogens is 3. The fraction of sp³-hybridized carbons (Fsp3) is 0.444. The number of benzene rings is 3. The summed E-state index contributed by atoms with van der Waals surface area (Å²) in [5, 5.41) is 8.43. The van der Waals surface area contributed by atoms with Crippen molar-refractivity contribution in [2.45, 2.75) is 96.8 Å². The van der Waals surface area contributed by atoms with Crippen LogP contribution in [-0.4, -0.2) is 30.8 Å². The smallest absolute Gasteiger partial charge is 0.425 e. The van der Waals surface area contributed by atoms with Gasteiger partial charge in [0.25, 0.3) is 0 Å². The summed E-state index contributed by atoms with van der Waals surface area (Å²) in [6, 6.07) is 18.8. The quantitative estimate of drug-likeness (QED) is 0.0563. The molecule has 1 atom stereocenters. The molecule has 0 heterocycles. The third-order valence-corrected chi connectivity index (χ3v) is 7.22. The molecule has 7 nitrogen and oxygen atoms in total. The Labute approximate surface area is 269 Å². The molecule has 248 valence electrons. The highest BCUT2D eigenvalue weighted by molar-refractivity contribution is 5.92. The second kappa shape index (κ2) is 19.3. The van der Waals surface area contributed by atoms with Gasteiger partial charge in [-0.2, -0.15) is 23.4 Å². The third kappa shape index (κ3) is 13.0. The lowest BCUT2D eigenvalue weighted by Crippen LogP contribution is -2.33. The molecule has 0 N–H and O–H groups in total. The predicted molar refractivity (Wildman–Crippen MR) is 171 cm³/mol. The molecule has 0 saturated heterocycles. The molecule has 0 bridgehead atoms. The average molecular weight is 641 g/mol. The van der Waals surface area contributed by atoms with Crippen LogP contribution in [0, 0.1) is 0 Å². The molecule has 0 aliphatic heterocycles. The third-order valence-electron chi connectivity index (χ3n) is 7.22. The Kier molecular flexibility index (Phi) is 15.2. The van der Waals surface area contributed by atoms with Gasteiger partial charge in [-0.1, -0.05) is 65.2 Å². The van der Waals surface area contributed by atoms with Crippen LogP contribution < -0.4 is 9.47 Å². The van der Waals surface area contributed by atoms with Gasteiger partial charge in [-0.3, -0.25) is 0 Å². The van der Waals surface area contributed by atoms with Gasteiger partial charge in [0.05, 0.1) is 29.1 Å². The number of unbranched alkanes of at least 4 members (excludes halogenated alkanes) is 8. The van der Waals surface area contributed by atoms with Gasteiger partial charge in [0.1, 0.15) is 11.5 Å². The van der Waals surface area contributed by atoms with Crippen molar-refractivity contribution in [1.29, 1.82) is 0 Å². The molecule has 3 aromatic carbocycles. The van der Waals surface area contributed by atoms with Crippen molar-refractivity contribution in [2.24, 2.45) is 10.2 Å². The molecule has 46 heavy (non-hydrogen) atoms. The number of ether oxygens (including phenoxy) is 3. The van der Waals surface area contributed by atoms with Crippen LogP contribution in [0.2, 0.25) is 0 Å². The van der Waals surface area contributed by atoms with E-state index in [4.69, 9.17) is 14.2 Å². The largest absolute Gasteiger partial charge is 0.494 e. The Morgan fingerprint density at radius 3 is 1.70 bits per heavy atom. The highest BCUT2D eigenvalue weighted by Crippen LogP contribution is 2.29. The first-order valence-electron chi connectivity index (χ1n) is 16.0. The molecule has 3 aromatic rings. The average Bonchev–Trinajstić information content (AvgIpc) is 3.05. The van der Waals surface area contributed by atoms with E-state index in [1.165, 1.54) is 56.4 Å². The van der Waals surface area contributed by atoms with Crippen molar-refractivity contribution < 1.29 is 37.0 Å². The molecule has 0 aromatic heterocycles. The number of carbonyl (C=O) groups is 2. The second-order valence-electron chi connectivity index (χ2n) is 11.1. The first-order chi connectivity index (χ1) is 22.2. The zero-order valence-corrected chi connectivity index (χ0v) is 26.6. The summed E-state index contributed by atoms with van der Waals surface area (Å²) >= 11 is 0. The van der Waals surface area contributed by atoms with Crippen molar-refractivity contribution in [3.8, 4) is 11.5 Å². The molecular formula is C36H43F3N2O5. The summed E-state index contributed by atoms with van der Waals surface area (Å²) in [5.74, 6) is -0.836. The molecule has 10 heteroatoms. The van der Waals surface area contributed by atoms with Gasteiger partial charge < -0.3 is 14.2 Å². The number of alkyl halides is 3. The zero-order chi connectivity index (χ0) is 33.2. The maximum atomic E-state index is 13.4. The molecular weight excluding hydrogens is 597 g/mol. The minimum absolute atomic E-state index is 0.0762. The van der Waals surface area contributed by atoms with Crippen molar-refractivity contribution >= 4 is 23.3 Å². The lowest BCUT2D eigenvalue weighted by Gasteiger charge is -2.20. The first-order valence-corrected chi connectivity index (χ1v) is 16.0. The number of azo groups is 1. The number of carbonyl (C=O) groups excluding carboxylic acids is 2. The van der Waals surface area contributed by atoms with Crippen molar-refractivity contribution in [3.05, 3.63) is 83.9 Å². The number of hydrogen-bond donors (Lipinski definition) is 0. The van der Waals surface area contributed by atoms with Crippen LogP contribution in [0.1, 0.15) is 105 Å². The number of hydrogen-bond acceptors (Lipinski definition) is 7. The molecule has 0 aliphatic rings. The number of esters is 2. The minimum Gasteiger partial charge on any atom is -0.494 e. The highest BCUT2D eigenvalue weighted by Gasteiger charge is 2.42. The molecule has 0 radical (unpaired) electrons. The molecule has 3 rings (SSSR count). The molecule has 0 saturated carbocycles. The number of rotatable bonds is 19. The fourth-order valence-electron chi connectivity index (χ4n) is 4.53. The summed E-state index contributed by atoms with van der Waals surface area (Å²) in [5.41, 5.74) is 1.37. The highest BCUT2D eigenvalue weighted by atomic mass is 19.4. The van der Waals surface area contributed by atoms with E-state index < -0.39 is 24.2 Å². The van der Waals surface area contributed by atoms with Gasteiger partial charge in [-0.05, 0) is 92.1 Å². The lowest BCUT2D eigenvalue weighted by atomic mass is 10.1. The van der Waals surface area contributed by atoms with E-state index in [1.54, 1.807) is 24.3 Å². The van der Waals surface area contributed by atoms with Crippen LogP contribution in [0.15, 0.2) is 83.0 Å². The number of nitrogens with zero attached hydrogens (tertiary/aromatic N) is 2. The van der Waals surface area contributed by atoms with Crippen LogP contribution in [0.5, 0.6) is 11.5 Å². The van der Waals surface area contributed by atoms with Gasteiger partial charge >= 0.3 is 18.1 Å². The summed E-state index contributed by atoms with van der Waals surface area (Å²) in [4.78, 5) is 25.0. The lowest BCUT2D eigenvalue weighted by molar-refractivity contribution is -0.206. The van der Waals surface area contributed by atoms with E-state index in [9.17, 15) is 22.8 Å². The predicted octanol–water partition coefficient (Wildman–Crippen LogP) is 11.1. The Hall–Kier alpha value is -4.21. The van der Waals surface area contributed by atoms with Gasteiger partial charge in [-0.25, -0.2) is 9.59 Å². The van der Waals surface area contributed by atoms with Crippen LogP contribution in [0.3, 0.4) is 0 Å². The van der Waals surface area contributed by atoms with Crippen LogP contribution in [-0.2, 0) is 4.74 Å².